The van der Waals surface area contributed by atoms with Crippen LogP contribution in [0.15, 0.2) is 29.8 Å². The second-order valence-corrected chi connectivity index (χ2v) is 3.64. The number of hydrogen-bond donors (Lipinski definition) is 0. The summed E-state index contributed by atoms with van der Waals surface area (Å²) in [5, 5.41) is 2.01. The molecule has 0 bridgehead atoms. The fourth-order valence-corrected chi connectivity index (χ4v) is 1.97. The summed E-state index contributed by atoms with van der Waals surface area (Å²) in [5.74, 6) is 1.63. The molecule has 14 heavy (non-hydrogen) atoms. The Morgan fingerprint density at radius 2 is 2.07 bits per heavy atom. The van der Waals surface area contributed by atoms with E-state index < -0.39 is 0 Å². The van der Waals surface area contributed by atoms with Crippen LogP contribution in [0, 0.1) is 0 Å². The molecule has 3 nitrogen and oxygen atoms in total. The number of hydrogen-bond acceptors (Lipinski definition) is 4. The normalized spacial score (nSPS) is 13.1. The molecule has 0 saturated carbocycles. The maximum atomic E-state index is 5.30. The summed E-state index contributed by atoms with van der Waals surface area (Å²) in [4.78, 5) is 0. The van der Waals surface area contributed by atoms with Gasteiger partial charge in [-0.1, -0.05) is 6.07 Å². The topological polar surface area (TPSA) is 31.4 Å². The molecule has 2 heterocycles. The molecule has 70 valence electrons. The molecule has 1 aliphatic heterocycles. The minimum absolute atomic E-state index is 0.320. The van der Waals surface area contributed by atoms with E-state index >= 15 is 0 Å². The molecule has 1 aliphatic rings. The highest BCUT2D eigenvalue weighted by molar-refractivity contribution is 7.03. The van der Waals surface area contributed by atoms with E-state index in [2.05, 4.69) is 4.37 Å². The number of benzene rings is 1. The van der Waals surface area contributed by atoms with Gasteiger partial charge in [0, 0.05) is 17.1 Å². The van der Waals surface area contributed by atoms with Gasteiger partial charge in [-0.25, -0.2) is 4.37 Å². The molecule has 0 fully saturated rings. The van der Waals surface area contributed by atoms with Gasteiger partial charge in [-0.05, 0) is 29.2 Å². The zero-order valence-corrected chi connectivity index (χ0v) is 8.08. The monoisotopic (exact) mass is 205 g/mol. The van der Waals surface area contributed by atoms with Crippen LogP contribution < -0.4 is 9.47 Å². The third-order valence-electron chi connectivity index (χ3n) is 2.14. The first-order valence-corrected chi connectivity index (χ1v) is 5.06. The molecule has 0 unspecified atom stereocenters. The maximum Gasteiger partial charge on any atom is 0.231 e. The first-order valence-electron chi connectivity index (χ1n) is 4.23. The van der Waals surface area contributed by atoms with Crippen molar-refractivity contribution in [3.8, 4) is 22.6 Å². The Hall–Kier alpha value is -1.55. The van der Waals surface area contributed by atoms with Crippen LogP contribution in [0.5, 0.6) is 11.5 Å². The van der Waals surface area contributed by atoms with Gasteiger partial charge in [0.05, 0.1) is 0 Å². The molecular formula is C10H7NO2S. The lowest BCUT2D eigenvalue weighted by Gasteiger charge is -1.99. The van der Waals surface area contributed by atoms with Crippen molar-refractivity contribution in [2.24, 2.45) is 0 Å². The lowest BCUT2D eigenvalue weighted by Crippen LogP contribution is -1.92. The highest BCUT2D eigenvalue weighted by Gasteiger charge is 2.13. The van der Waals surface area contributed by atoms with Gasteiger partial charge < -0.3 is 9.47 Å². The Labute approximate surface area is 85.1 Å². The van der Waals surface area contributed by atoms with Crippen molar-refractivity contribution in [1.82, 2.24) is 4.37 Å². The van der Waals surface area contributed by atoms with Crippen LogP contribution in [0.2, 0.25) is 0 Å². The predicted octanol–water partition coefficient (Wildman–Crippen LogP) is 2.54. The van der Waals surface area contributed by atoms with Gasteiger partial charge >= 0.3 is 0 Å². The average Bonchev–Trinajstić information content (AvgIpc) is 2.88. The van der Waals surface area contributed by atoms with E-state index in [4.69, 9.17) is 9.47 Å². The standard InChI is InChI=1S/C10H7NO2S/c1-2-9-10(13-6-12-9)3-7(1)8-4-11-14-5-8/h1-5H,6H2. The van der Waals surface area contributed by atoms with E-state index in [1.807, 2.05) is 29.8 Å². The van der Waals surface area contributed by atoms with Crippen LogP contribution in [-0.2, 0) is 0 Å². The Kier molecular flexibility index (Phi) is 1.67. The molecule has 0 atom stereocenters. The summed E-state index contributed by atoms with van der Waals surface area (Å²) in [5.41, 5.74) is 2.23. The number of nitrogens with zero attached hydrogens (tertiary/aromatic N) is 1. The molecular weight excluding hydrogens is 198 g/mol. The van der Waals surface area contributed by atoms with Gasteiger partial charge in [-0.3, -0.25) is 0 Å². The minimum atomic E-state index is 0.320. The molecule has 0 aliphatic carbocycles. The van der Waals surface area contributed by atoms with Gasteiger partial charge in [0.25, 0.3) is 0 Å². The van der Waals surface area contributed by atoms with Crippen LogP contribution in [0.3, 0.4) is 0 Å². The van der Waals surface area contributed by atoms with Gasteiger partial charge in [0.1, 0.15) is 0 Å². The lowest BCUT2D eigenvalue weighted by atomic mass is 10.1. The molecule has 1 aromatic carbocycles. The largest absolute Gasteiger partial charge is 0.454 e. The van der Waals surface area contributed by atoms with Crippen LogP contribution in [0.4, 0.5) is 0 Å². The lowest BCUT2D eigenvalue weighted by molar-refractivity contribution is 0.174. The van der Waals surface area contributed by atoms with Gasteiger partial charge in [-0.2, -0.15) is 0 Å². The van der Waals surface area contributed by atoms with Gasteiger partial charge in [0.2, 0.25) is 6.79 Å². The smallest absolute Gasteiger partial charge is 0.231 e. The van der Waals surface area contributed by atoms with Crippen molar-refractivity contribution in [3.05, 3.63) is 29.8 Å². The SMILES string of the molecule is c1cc2c(cc1-c1cnsc1)OCO2. The van der Waals surface area contributed by atoms with Crippen molar-refractivity contribution < 1.29 is 9.47 Å². The van der Waals surface area contributed by atoms with Crippen LogP contribution >= 0.6 is 11.5 Å². The van der Waals surface area contributed by atoms with Crippen molar-refractivity contribution in [2.75, 3.05) is 6.79 Å². The molecule has 0 radical (unpaired) electrons. The second kappa shape index (κ2) is 2.99. The molecule has 4 heteroatoms. The van der Waals surface area contributed by atoms with Gasteiger partial charge in [-0.15, -0.1) is 0 Å². The third kappa shape index (κ3) is 1.15. The van der Waals surface area contributed by atoms with E-state index in [-0.39, 0.29) is 0 Å². The summed E-state index contributed by atoms with van der Waals surface area (Å²) in [7, 11) is 0. The highest BCUT2D eigenvalue weighted by Crippen LogP contribution is 2.35. The molecule has 3 rings (SSSR count). The number of ether oxygens (including phenoxy) is 2. The first kappa shape index (κ1) is 7.82. The Balaban J connectivity index is 2.09. The summed E-state index contributed by atoms with van der Waals surface area (Å²) >= 11 is 1.45. The van der Waals surface area contributed by atoms with E-state index in [0.29, 0.717) is 6.79 Å². The van der Waals surface area contributed by atoms with Crippen molar-refractivity contribution in [1.29, 1.82) is 0 Å². The number of fused-ring (bicyclic) bond motifs is 1. The van der Waals surface area contributed by atoms with Crippen molar-refractivity contribution >= 4 is 11.5 Å². The van der Waals surface area contributed by atoms with Crippen LogP contribution in [0.1, 0.15) is 0 Å². The first-order chi connectivity index (χ1) is 6.93. The molecule has 0 spiro atoms. The summed E-state index contributed by atoms with van der Waals surface area (Å²) < 4.78 is 14.6. The Morgan fingerprint density at radius 3 is 2.93 bits per heavy atom. The number of rotatable bonds is 1. The molecule has 0 saturated heterocycles. The van der Waals surface area contributed by atoms with E-state index in [9.17, 15) is 0 Å². The fourth-order valence-electron chi connectivity index (χ4n) is 1.42. The Morgan fingerprint density at radius 1 is 1.14 bits per heavy atom. The van der Waals surface area contributed by atoms with E-state index in [1.165, 1.54) is 11.5 Å². The van der Waals surface area contributed by atoms with Crippen LogP contribution in [0.25, 0.3) is 11.1 Å². The zero-order valence-electron chi connectivity index (χ0n) is 7.27. The molecule has 2 aromatic rings. The second-order valence-electron chi connectivity index (χ2n) is 2.98. The maximum absolute atomic E-state index is 5.30. The molecule has 1 aromatic heterocycles. The average molecular weight is 205 g/mol. The van der Waals surface area contributed by atoms with E-state index in [1.54, 1.807) is 0 Å². The zero-order chi connectivity index (χ0) is 9.38. The van der Waals surface area contributed by atoms with E-state index in [0.717, 1.165) is 22.6 Å². The van der Waals surface area contributed by atoms with Gasteiger partial charge in [0.15, 0.2) is 11.5 Å². The number of aromatic nitrogens is 1. The summed E-state index contributed by atoms with van der Waals surface area (Å²) in [6.07, 6.45) is 1.85. The summed E-state index contributed by atoms with van der Waals surface area (Å²) in [6.45, 7) is 0.320. The third-order valence-corrected chi connectivity index (χ3v) is 2.72. The molecule has 0 amide bonds. The predicted molar refractivity (Wildman–Crippen MR) is 53.7 cm³/mol. The quantitative estimate of drug-likeness (QED) is 0.717. The van der Waals surface area contributed by atoms with Crippen molar-refractivity contribution in [2.45, 2.75) is 0 Å². The molecule has 0 N–H and O–H groups in total. The summed E-state index contributed by atoms with van der Waals surface area (Å²) in [6, 6.07) is 5.92. The van der Waals surface area contributed by atoms with Crippen LogP contribution in [-0.4, -0.2) is 11.2 Å². The fraction of sp³-hybridized carbons (Fsp3) is 0.100. The van der Waals surface area contributed by atoms with Crippen molar-refractivity contribution in [3.63, 3.8) is 0 Å². The minimum Gasteiger partial charge on any atom is -0.454 e. The highest BCUT2D eigenvalue weighted by atomic mass is 32.1. The Bertz CT molecular complexity index is 453.